The molecule has 1 aliphatic rings. The lowest BCUT2D eigenvalue weighted by atomic mass is 10.2. The van der Waals surface area contributed by atoms with Crippen molar-refractivity contribution in [3.63, 3.8) is 0 Å². The molecule has 2 aromatic rings. The van der Waals surface area contributed by atoms with E-state index in [9.17, 15) is 13.2 Å². The van der Waals surface area contributed by atoms with Crippen molar-refractivity contribution < 1.29 is 17.7 Å². The van der Waals surface area contributed by atoms with Gasteiger partial charge in [0.2, 0.25) is 17.6 Å². The van der Waals surface area contributed by atoms with Crippen LogP contribution in [0.25, 0.3) is 11.4 Å². The maximum atomic E-state index is 12.2. The zero-order valence-corrected chi connectivity index (χ0v) is 14.2. The molecule has 0 N–H and O–H groups in total. The van der Waals surface area contributed by atoms with Crippen LogP contribution in [0.4, 0.5) is 0 Å². The van der Waals surface area contributed by atoms with Gasteiger partial charge in [0.25, 0.3) is 0 Å². The summed E-state index contributed by atoms with van der Waals surface area (Å²) >= 11 is 0. The number of hydrogen-bond donors (Lipinski definition) is 0. The minimum atomic E-state index is -3.00. The van der Waals surface area contributed by atoms with Crippen molar-refractivity contribution in [1.82, 2.24) is 15.0 Å². The Morgan fingerprint density at radius 2 is 2.08 bits per heavy atom. The Hall–Kier alpha value is -2.22. The Labute approximate surface area is 140 Å². The second-order valence-electron chi connectivity index (χ2n) is 5.94. The van der Waals surface area contributed by atoms with Crippen molar-refractivity contribution in [3.05, 3.63) is 36.2 Å². The summed E-state index contributed by atoms with van der Waals surface area (Å²) in [4.78, 5) is 18.0. The zero-order valence-electron chi connectivity index (χ0n) is 13.4. The van der Waals surface area contributed by atoms with E-state index >= 15 is 0 Å². The Morgan fingerprint density at radius 1 is 1.33 bits per heavy atom. The minimum absolute atomic E-state index is 0.0496. The molecular formula is C16H19N3O4S. The molecule has 3 rings (SSSR count). The summed E-state index contributed by atoms with van der Waals surface area (Å²) in [6.07, 6.45) is 1.05. The van der Waals surface area contributed by atoms with E-state index in [1.54, 1.807) is 7.05 Å². The average Bonchev–Trinajstić information content (AvgIpc) is 3.19. The smallest absolute Gasteiger partial charge is 0.227 e. The molecule has 128 valence electrons. The fourth-order valence-corrected chi connectivity index (χ4v) is 4.51. The molecule has 0 saturated carbocycles. The Bertz CT molecular complexity index is 817. The van der Waals surface area contributed by atoms with E-state index in [2.05, 4.69) is 10.1 Å². The van der Waals surface area contributed by atoms with Crippen molar-refractivity contribution >= 4 is 15.7 Å². The van der Waals surface area contributed by atoms with E-state index in [0.717, 1.165) is 5.56 Å². The van der Waals surface area contributed by atoms with Crippen LogP contribution in [0, 0.1) is 0 Å². The van der Waals surface area contributed by atoms with Crippen LogP contribution in [0.2, 0.25) is 0 Å². The lowest BCUT2D eigenvalue weighted by molar-refractivity contribution is -0.131. The molecule has 1 saturated heterocycles. The van der Waals surface area contributed by atoms with Crippen LogP contribution in [0.1, 0.15) is 18.7 Å². The second kappa shape index (κ2) is 6.72. The summed E-state index contributed by atoms with van der Waals surface area (Å²) < 4.78 is 28.2. The highest BCUT2D eigenvalue weighted by atomic mass is 32.2. The highest BCUT2D eigenvalue weighted by Gasteiger charge is 2.32. The van der Waals surface area contributed by atoms with Gasteiger partial charge in [0.15, 0.2) is 9.84 Å². The molecule has 0 spiro atoms. The molecule has 1 atom stereocenters. The molecule has 24 heavy (non-hydrogen) atoms. The summed E-state index contributed by atoms with van der Waals surface area (Å²) in [7, 11) is -1.35. The van der Waals surface area contributed by atoms with Crippen LogP contribution in [-0.2, 0) is 21.1 Å². The predicted octanol–water partition coefficient (Wildman–Crippen LogP) is 1.31. The summed E-state index contributed by atoms with van der Waals surface area (Å²) in [6, 6.07) is 9.22. The first-order chi connectivity index (χ1) is 11.4. The van der Waals surface area contributed by atoms with Crippen molar-refractivity contribution in [2.75, 3.05) is 18.6 Å². The van der Waals surface area contributed by atoms with Crippen LogP contribution in [0.3, 0.4) is 0 Å². The van der Waals surface area contributed by atoms with E-state index < -0.39 is 9.84 Å². The molecule has 8 heteroatoms. The number of rotatable bonds is 5. The van der Waals surface area contributed by atoms with E-state index in [0.29, 0.717) is 24.6 Å². The first-order valence-electron chi connectivity index (χ1n) is 7.79. The Kier molecular flexibility index (Phi) is 4.66. The molecule has 1 aromatic heterocycles. The van der Waals surface area contributed by atoms with Crippen LogP contribution in [-0.4, -0.2) is 54.0 Å². The maximum Gasteiger partial charge on any atom is 0.227 e. The van der Waals surface area contributed by atoms with Gasteiger partial charge in [-0.2, -0.15) is 4.98 Å². The van der Waals surface area contributed by atoms with Gasteiger partial charge in [0, 0.05) is 31.5 Å². The second-order valence-corrected chi connectivity index (χ2v) is 8.17. The molecule has 0 radical (unpaired) electrons. The summed E-state index contributed by atoms with van der Waals surface area (Å²) in [5, 5.41) is 3.92. The SMILES string of the molecule is CN(C(=O)CCc1nc(-c2ccccc2)no1)C1CCS(=O)(=O)C1. The fraction of sp³-hybridized carbons (Fsp3) is 0.438. The Balaban J connectivity index is 1.56. The quantitative estimate of drug-likeness (QED) is 0.808. The first-order valence-corrected chi connectivity index (χ1v) is 9.61. The highest BCUT2D eigenvalue weighted by molar-refractivity contribution is 7.91. The Morgan fingerprint density at radius 3 is 2.75 bits per heavy atom. The summed E-state index contributed by atoms with van der Waals surface area (Å²) in [5.74, 6) is 0.979. The maximum absolute atomic E-state index is 12.2. The molecule has 2 heterocycles. The largest absolute Gasteiger partial charge is 0.342 e. The number of carbonyl (C=O) groups excluding carboxylic acids is 1. The monoisotopic (exact) mass is 349 g/mol. The average molecular weight is 349 g/mol. The van der Waals surface area contributed by atoms with Gasteiger partial charge < -0.3 is 9.42 Å². The van der Waals surface area contributed by atoms with E-state index in [-0.39, 0.29) is 29.9 Å². The van der Waals surface area contributed by atoms with Crippen molar-refractivity contribution in [3.8, 4) is 11.4 Å². The van der Waals surface area contributed by atoms with Crippen LogP contribution >= 0.6 is 0 Å². The third-order valence-electron chi connectivity index (χ3n) is 4.20. The van der Waals surface area contributed by atoms with Gasteiger partial charge in [-0.25, -0.2) is 8.42 Å². The number of nitrogens with zero attached hydrogens (tertiary/aromatic N) is 3. The van der Waals surface area contributed by atoms with E-state index in [1.165, 1.54) is 4.90 Å². The predicted molar refractivity (Wildman–Crippen MR) is 87.9 cm³/mol. The van der Waals surface area contributed by atoms with Crippen molar-refractivity contribution in [2.24, 2.45) is 0 Å². The van der Waals surface area contributed by atoms with Gasteiger partial charge in [0.1, 0.15) is 0 Å². The van der Waals surface area contributed by atoms with Gasteiger partial charge in [-0.1, -0.05) is 35.5 Å². The number of aromatic nitrogens is 2. The number of benzene rings is 1. The minimum Gasteiger partial charge on any atom is -0.342 e. The summed E-state index contributed by atoms with van der Waals surface area (Å²) in [6.45, 7) is 0. The summed E-state index contributed by atoms with van der Waals surface area (Å²) in [5.41, 5.74) is 0.854. The molecule has 1 aromatic carbocycles. The fourth-order valence-electron chi connectivity index (χ4n) is 2.74. The van der Waals surface area contributed by atoms with Crippen LogP contribution in [0.5, 0.6) is 0 Å². The van der Waals surface area contributed by atoms with Crippen molar-refractivity contribution in [2.45, 2.75) is 25.3 Å². The molecule has 1 aliphatic heterocycles. The molecule has 1 unspecified atom stereocenters. The lowest BCUT2D eigenvalue weighted by Gasteiger charge is -2.23. The molecule has 1 fully saturated rings. The molecule has 0 aliphatic carbocycles. The molecule has 1 amide bonds. The van der Waals surface area contributed by atoms with Gasteiger partial charge in [-0.3, -0.25) is 4.79 Å². The first kappa shape index (κ1) is 16.6. The third-order valence-corrected chi connectivity index (χ3v) is 5.95. The highest BCUT2D eigenvalue weighted by Crippen LogP contribution is 2.18. The number of carbonyl (C=O) groups is 1. The lowest BCUT2D eigenvalue weighted by Crippen LogP contribution is -2.37. The normalized spacial score (nSPS) is 19.3. The van der Waals surface area contributed by atoms with Crippen LogP contribution < -0.4 is 0 Å². The van der Waals surface area contributed by atoms with Crippen molar-refractivity contribution in [1.29, 1.82) is 0 Å². The van der Waals surface area contributed by atoms with Gasteiger partial charge in [-0.15, -0.1) is 0 Å². The van der Waals surface area contributed by atoms with E-state index in [4.69, 9.17) is 4.52 Å². The number of hydrogen-bond acceptors (Lipinski definition) is 6. The molecular weight excluding hydrogens is 330 g/mol. The van der Waals surface area contributed by atoms with Gasteiger partial charge in [0.05, 0.1) is 11.5 Å². The zero-order chi connectivity index (χ0) is 17.2. The molecule has 0 bridgehead atoms. The molecule has 7 nitrogen and oxygen atoms in total. The number of amides is 1. The van der Waals surface area contributed by atoms with Gasteiger partial charge >= 0.3 is 0 Å². The van der Waals surface area contributed by atoms with Gasteiger partial charge in [-0.05, 0) is 6.42 Å². The third kappa shape index (κ3) is 3.81. The number of aryl methyl sites for hydroxylation is 1. The standard InChI is InChI=1S/C16H19N3O4S/c1-19(13-9-10-24(21,22)11-13)15(20)8-7-14-17-16(18-23-14)12-5-3-2-4-6-12/h2-6,13H,7-11H2,1H3. The van der Waals surface area contributed by atoms with E-state index in [1.807, 2.05) is 30.3 Å². The van der Waals surface area contributed by atoms with Crippen LogP contribution in [0.15, 0.2) is 34.9 Å². The number of sulfone groups is 1. The topological polar surface area (TPSA) is 93.4 Å².